The van der Waals surface area contributed by atoms with Crippen LogP contribution in [0.15, 0.2) is 30.3 Å². The highest BCUT2D eigenvalue weighted by Crippen LogP contribution is 2.36. The van der Waals surface area contributed by atoms with E-state index in [9.17, 15) is 9.90 Å². The third-order valence-electron chi connectivity index (χ3n) is 3.33. The summed E-state index contributed by atoms with van der Waals surface area (Å²) in [5.74, 6) is -0.722. The summed E-state index contributed by atoms with van der Waals surface area (Å²) < 4.78 is 1.88. The van der Waals surface area contributed by atoms with Gasteiger partial charge in [0.1, 0.15) is 0 Å². The SMILES string of the molecule is O=C(O)C1(c2ccccc2)CCN(S)CC1. The lowest BCUT2D eigenvalue weighted by atomic mass is 9.73. The molecular weight excluding hydrogens is 222 g/mol. The van der Waals surface area contributed by atoms with Gasteiger partial charge in [0.15, 0.2) is 0 Å². The molecule has 0 radical (unpaired) electrons. The Bertz CT molecular complexity index is 372. The molecule has 0 saturated carbocycles. The highest BCUT2D eigenvalue weighted by molar-refractivity contribution is 7.77. The summed E-state index contributed by atoms with van der Waals surface area (Å²) in [6, 6.07) is 9.51. The molecule has 16 heavy (non-hydrogen) atoms. The van der Waals surface area contributed by atoms with E-state index < -0.39 is 11.4 Å². The van der Waals surface area contributed by atoms with Gasteiger partial charge in [-0.2, -0.15) is 0 Å². The van der Waals surface area contributed by atoms with Crippen LogP contribution in [0.4, 0.5) is 0 Å². The number of carboxylic acids is 1. The molecule has 86 valence electrons. The predicted molar refractivity (Wildman–Crippen MR) is 65.5 cm³/mol. The molecule has 0 aliphatic carbocycles. The summed E-state index contributed by atoms with van der Waals surface area (Å²) >= 11 is 4.26. The lowest BCUT2D eigenvalue weighted by Crippen LogP contribution is -2.44. The Morgan fingerprint density at radius 2 is 1.81 bits per heavy atom. The van der Waals surface area contributed by atoms with Crippen molar-refractivity contribution in [1.82, 2.24) is 4.31 Å². The van der Waals surface area contributed by atoms with Gasteiger partial charge in [-0.15, -0.1) is 0 Å². The third-order valence-corrected chi connectivity index (χ3v) is 3.73. The van der Waals surface area contributed by atoms with Crippen LogP contribution in [0, 0.1) is 0 Å². The molecule has 1 saturated heterocycles. The summed E-state index contributed by atoms with van der Waals surface area (Å²) in [7, 11) is 0. The van der Waals surface area contributed by atoms with E-state index in [1.54, 1.807) is 0 Å². The molecule has 0 spiro atoms. The third kappa shape index (κ3) is 1.95. The molecule has 0 amide bonds. The largest absolute Gasteiger partial charge is 0.481 e. The molecule has 1 N–H and O–H groups in total. The molecule has 1 aromatic rings. The maximum absolute atomic E-state index is 11.5. The van der Waals surface area contributed by atoms with Crippen LogP contribution in [0.1, 0.15) is 18.4 Å². The number of nitrogens with zero attached hydrogens (tertiary/aromatic N) is 1. The summed E-state index contributed by atoms with van der Waals surface area (Å²) in [6.07, 6.45) is 1.24. The fraction of sp³-hybridized carbons (Fsp3) is 0.417. The second kappa shape index (κ2) is 4.47. The average Bonchev–Trinajstić information content (AvgIpc) is 2.31. The molecule has 1 aliphatic rings. The van der Waals surface area contributed by atoms with Crippen LogP contribution < -0.4 is 0 Å². The van der Waals surface area contributed by atoms with Crippen molar-refractivity contribution >= 4 is 18.8 Å². The fourth-order valence-corrected chi connectivity index (χ4v) is 2.46. The Kier molecular flexibility index (Phi) is 3.21. The van der Waals surface area contributed by atoms with Crippen LogP contribution in [0.5, 0.6) is 0 Å². The standard InChI is InChI=1S/C12H15NO2S/c14-11(15)12(6-8-13(16)9-7-12)10-4-2-1-3-5-10/h1-5,16H,6-9H2,(H,14,15). The second-order valence-electron chi connectivity index (χ2n) is 4.21. The predicted octanol–water partition coefficient (Wildman–Crippen LogP) is 1.95. The summed E-state index contributed by atoms with van der Waals surface area (Å²) in [6.45, 7) is 1.43. The van der Waals surface area contributed by atoms with Crippen LogP contribution in [0.3, 0.4) is 0 Å². The summed E-state index contributed by atoms with van der Waals surface area (Å²) in [5.41, 5.74) is 0.185. The lowest BCUT2D eigenvalue weighted by Gasteiger charge is -2.37. The van der Waals surface area contributed by atoms with Gasteiger partial charge in [-0.25, -0.2) is 0 Å². The van der Waals surface area contributed by atoms with Crippen LogP contribution in [0.2, 0.25) is 0 Å². The minimum absolute atomic E-state index is 0.621. The molecule has 4 heteroatoms. The quantitative estimate of drug-likeness (QED) is 0.772. The molecule has 1 aromatic carbocycles. The van der Waals surface area contributed by atoms with E-state index in [0.717, 1.165) is 5.56 Å². The maximum Gasteiger partial charge on any atom is 0.314 e. The second-order valence-corrected chi connectivity index (χ2v) is 4.77. The number of aliphatic carboxylic acids is 1. The van der Waals surface area contributed by atoms with Crippen molar-refractivity contribution in [2.75, 3.05) is 13.1 Å². The first-order valence-corrected chi connectivity index (χ1v) is 5.78. The molecule has 0 aromatic heterocycles. The minimum Gasteiger partial charge on any atom is -0.481 e. The van der Waals surface area contributed by atoms with Crippen LogP contribution in [-0.4, -0.2) is 28.5 Å². The molecule has 1 aliphatic heterocycles. The Labute approximate surface area is 101 Å². The molecule has 3 nitrogen and oxygen atoms in total. The van der Waals surface area contributed by atoms with E-state index >= 15 is 0 Å². The molecular formula is C12H15NO2S. The number of thiol groups is 1. The van der Waals surface area contributed by atoms with Crippen molar-refractivity contribution in [2.24, 2.45) is 0 Å². The molecule has 0 unspecified atom stereocenters. The monoisotopic (exact) mass is 237 g/mol. The number of hydrogen-bond acceptors (Lipinski definition) is 3. The Morgan fingerprint density at radius 1 is 1.25 bits per heavy atom. The van der Waals surface area contributed by atoms with Gasteiger partial charge in [0, 0.05) is 13.1 Å². The van der Waals surface area contributed by atoms with Crippen LogP contribution in [-0.2, 0) is 10.2 Å². The highest BCUT2D eigenvalue weighted by atomic mass is 32.1. The van der Waals surface area contributed by atoms with Crippen molar-refractivity contribution in [1.29, 1.82) is 0 Å². The highest BCUT2D eigenvalue weighted by Gasteiger charge is 2.42. The number of carboxylic acid groups (broad SMARTS) is 1. The van der Waals surface area contributed by atoms with Gasteiger partial charge in [0.05, 0.1) is 5.41 Å². The number of piperidine rings is 1. The van der Waals surface area contributed by atoms with Gasteiger partial charge in [0.25, 0.3) is 0 Å². The van der Waals surface area contributed by atoms with Crippen molar-refractivity contribution in [3.8, 4) is 0 Å². The van der Waals surface area contributed by atoms with Crippen molar-refractivity contribution < 1.29 is 9.90 Å². The van der Waals surface area contributed by atoms with E-state index in [1.165, 1.54) is 0 Å². The van der Waals surface area contributed by atoms with Gasteiger partial charge in [0.2, 0.25) is 0 Å². The number of rotatable bonds is 2. The van der Waals surface area contributed by atoms with Gasteiger partial charge in [-0.05, 0) is 18.4 Å². The zero-order valence-corrected chi connectivity index (χ0v) is 9.86. The topological polar surface area (TPSA) is 40.5 Å². The van der Waals surface area contributed by atoms with E-state index in [4.69, 9.17) is 0 Å². The van der Waals surface area contributed by atoms with E-state index in [-0.39, 0.29) is 0 Å². The van der Waals surface area contributed by atoms with Crippen LogP contribution >= 0.6 is 12.8 Å². The first kappa shape index (κ1) is 11.5. The van der Waals surface area contributed by atoms with E-state index in [2.05, 4.69) is 12.8 Å². The summed E-state index contributed by atoms with van der Waals surface area (Å²) in [5, 5.41) is 9.48. The van der Waals surface area contributed by atoms with Crippen molar-refractivity contribution in [2.45, 2.75) is 18.3 Å². The Balaban J connectivity index is 2.34. The van der Waals surface area contributed by atoms with Crippen molar-refractivity contribution in [3.63, 3.8) is 0 Å². The zero-order valence-electron chi connectivity index (χ0n) is 8.97. The molecule has 0 atom stereocenters. The fourth-order valence-electron chi connectivity index (χ4n) is 2.26. The van der Waals surface area contributed by atoms with E-state index in [1.807, 2.05) is 34.6 Å². The van der Waals surface area contributed by atoms with Crippen molar-refractivity contribution in [3.05, 3.63) is 35.9 Å². The molecule has 1 heterocycles. The van der Waals surface area contributed by atoms with Gasteiger partial charge in [-0.3, -0.25) is 9.10 Å². The van der Waals surface area contributed by atoms with Gasteiger partial charge < -0.3 is 5.11 Å². The first-order chi connectivity index (χ1) is 7.65. The number of hydrogen-bond donors (Lipinski definition) is 2. The average molecular weight is 237 g/mol. The minimum atomic E-state index is -0.722. The zero-order chi connectivity index (χ0) is 11.6. The molecule has 2 rings (SSSR count). The normalized spacial score (nSPS) is 20.6. The van der Waals surface area contributed by atoms with E-state index in [0.29, 0.717) is 25.9 Å². The van der Waals surface area contributed by atoms with Gasteiger partial charge in [-0.1, -0.05) is 43.1 Å². The smallest absolute Gasteiger partial charge is 0.314 e. The lowest BCUT2D eigenvalue weighted by molar-refractivity contribution is -0.145. The molecule has 1 fully saturated rings. The number of benzene rings is 1. The molecule has 0 bridgehead atoms. The maximum atomic E-state index is 11.5. The first-order valence-electron chi connectivity index (χ1n) is 5.38. The Morgan fingerprint density at radius 3 is 2.31 bits per heavy atom. The number of carbonyl (C=O) groups is 1. The van der Waals surface area contributed by atoms with Gasteiger partial charge >= 0.3 is 5.97 Å². The Hall–Kier alpha value is -1.00. The summed E-state index contributed by atoms with van der Waals surface area (Å²) in [4.78, 5) is 11.5. The van der Waals surface area contributed by atoms with Crippen LogP contribution in [0.25, 0.3) is 0 Å².